The van der Waals surface area contributed by atoms with E-state index in [9.17, 15) is 9.90 Å². The summed E-state index contributed by atoms with van der Waals surface area (Å²) in [5.41, 5.74) is 6.12. The van der Waals surface area contributed by atoms with Gasteiger partial charge in [0.1, 0.15) is 12.4 Å². The molecule has 0 aromatic heterocycles. The average molecular weight is 477 g/mol. The molecule has 1 aliphatic rings. The van der Waals surface area contributed by atoms with Crippen molar-refractivity contribution in [3.05, 3.63) is 24.6 Å². The number of aliphatic carboxylic acids is 1. The molecule has 0 spiro atoms. The quantitative estimate of drug-likeness (QED) is 0.0889. The van der Waals surface area contributed by atoms with Gasteiger partial charge in [0.05, 0.1) is 6.20 Å². The van der Waals surface area contributed by atoms with E-state index in [1.807, 2.05) is 13.1 Å². The van der Waals surface area contributed by atoms with Crippen LogP contribution in [0.3, 0.4) is 0 Å². The maximum absolute atomic E-state index is 11.3. The normalized spacial score (nSPS) is 18.6. The first kappa shape index (κ1) is 30.6. The van der Waals surface area contributed by atoms with E-state index in [4.69, 9.17) is 5.73 Å². The molecule has 5 nitrogen and oxygen atoms in total. The molecule has 0 bridgehead atoms. The fourth-order valence-corrected chi connectivity index (χ4v) is 4.82. The number of carboxylic acid groups (broad SMARTS) is 1. The third kappa shape index (κ3) is 13.4. The minimum absolute atomic E-state index is 0.0243. The van der Waals surface area contributed by atoms with Crippen molar-refractivity contribution in [2.45, 2.75) is 142 Å². The van der Waals surface area contributed by atoms with Gasteiger partial charge in [0.25, 0.3) is 0 Å². The van der Waals surface area contributed by atoms with Crippen LogP contribution in [0.4, 0.5) is 0 Å². The zero-order valence-corrected chi connectivity index (χ0v) is 22.4. The van der Waals surface area contributed by atoms with Gasteiger partial charge in [0.2, 0.25) is 5.84 Å². The number of allylic oxidation sites excluding steroid dienone is 2. The number of amidine groups is 1. The minimum Gasteiger partial charge on any atom is -0.477 e. The third-order valence-electron chi connectivity index (χ3n) is 7.07. The van der Waals surface area contributed by atoms with Crippen LogP contribution in [0.15, 0.2) is 29.5 Å². The molecule has 0 radical (unpaired) electrons. The maximum Gasteiger partial charge on any atom is 0.360 e. The lowest BCUT2D eigenvalue weighted by Gasteiger charge is -2.34. The van der Waals surface area contributed by atoms with E-state index in [2.05, 4.69) is 24.1 Å². The zero-order valence-electron chi connectivity index (χ0n) is 22.4. The van der Waals surface area contributed by atoms with Crippen molar-refractivity contribution in [1.29, 1.82) is 0 Å². The molecular weight excluding hydrogens is 422 g/mol. The number of hydrogen-bond acceptors (Lipinski definition) is 3. The van der Waals surface area contributed by atoms with E-state index in [-0.39, 0.29) is 17.2 Å². The standard InChI is InChI=1S/C29H53N3O2/c1-3-4-5-6-7-8-9-10-11-12-13-14-15-16-17-18-19-20-21-22-23-28-31-24-25-32(28,27(2)30)26-29(33)34/h7-8,24-25,27H,3-6,9-23,26,30H2,1-2H3/p+1/b8-7+. The van der Waals surface area contributed by atoms with Crippen LogP contribution in [0.2, 0.25) is 0 Å². The Morgan fingerprint density at radius 1 is 0.882 bits per heavy atom. The zero-order chi connectivity index (χ0) is 24.9. The number of unbranched alkanes of at least 4 members (excludes halogenated alkanes) is 16. The van der Waals surface area contributed by atoms with Crippen molar-refractivity contribution in [3.8, 4) is 0 Å². The van der Waals surface area contributed by atoms with Crippen LogP contribution in [-0.4, -0.2) is 34.1 Å². The summed E-state index contributed by atoms with van der Waals surface area (Å²) in [5, 5.41) is 9.28. The van der Waals surface area contributed by atoms with E-state index >= 15 is 0 Å². The second-order valence-corrected chi connectivity index (χ2v) is 10.2. The van der Waals surface area contributed by atoms with Crippen molar-refractivity contribution in [2.24, 2.45) is 10.7 Å². The van der Waals surface area contributed by atoms with E-state index in [0.717, 1.165) is 18.7 Å². The topological polar surface area (TPSA) is 75.7 Å². The first-order valence-corrected chi connectivity index (χ1v) is 14.3. The summed E-state index contributed by atoms with van der Waals surface area (Å²) in [7, 11) is 0. The number of rotatable bonds is 23. The number of aliphatic imine (C=N–C) groups is 1. The van der Waals surface area contributed by atoms with E-state index in [0.29, 0.717) is 0 Å². The molecule has 1 rings (SSSR count). The van der Waals surface area contributed by atoms with Crippen molar-refractivity contribution in [2.75, 3.05) is 6.54 Å². The number of nitrogens with two attached hydrogens (primary N) is 1. The molecule has 0 fully saturated rings. The molecular formula is C29H54N3O2+. The highest BCUT2D eigenvalue weighted by Crippen LogP contribution is 2.23. The molecule has 0 aromatic carbocycles. The summed E-state index contributed by atoms with van der Waals surface area (Å²) in [6, 6.07) is 0. The summed E-state index contributed by atoms with van der Waals surface area (Å²) in [6.45, 7) is 4.10. The van der Waals surface area contributed by atoms with Crippen molar-refractivity contribution < 1.29 is 14.4 Å². The second kappa shape index (κ2) is 19.8. The lowest BCUT2D eigenvalue weighted by molar-refractivity contribution is -0.805. The van der Waals surface area contributed by atoms with Gasteiger partial charge in [-0.05, 0) is 32.1 Å². The maximum atomic E-state index is 11.3. The van der Waals surface area contributed by atoms with Gasteiger partial charge in [-0.25, -0.2) is 14.3 Å². The molecule has 0 saturated heterocycles. The first-order valence-electron chi connectivity index (χ1n) is 14.3. The molecule has 2 unspecified atom stereocenters. The Bertz CT molecular complexity index is 612. The van der Waals surface area contributed by atoms with Crippen LogP contribution < -0.4 is 5.73 Å². The Hall–Kier alpha value is -1.46. The highest BCUT2D eigenvalue weighted by Gasteiger charge is 2.40. The largest absolute Gasteiger partial charge is 0.477 e. The summed E-state index contributed by atoms with van der Waals surface area (Å²) < 4.78 is 0.172. The summed E-state index contributed by atoms with van der Waals surface area (Å²) in [5.74, 6) is 0.0637. The second-order valence-electron chi connectivity index (χ2n) is 10.2. The molecule has 1 aliphatic heterocycles. The van der Waals surface area contributed by atoms with Gasteiger partial charge in [-0.1, -0.05) is 103 Å². The molecule has 0 aromatic rings. The SMILES string of the molecule is CCCCC/C=C/CCCCCCCCCCCCCCCC1=NC=C[N+]1(CC(=O)O)C(C)N. The Morgan fingerprint density at radius 2 is 1.35 bits per heavy atom. The fourth-order valence-electron chi connectivity index (χ4n) is 4.82. The Balaban J connectivity index is 1.90. The predicted octanol–water partition coefficient (Wildman–Crippen LogP) is 8.06. The van der Waals surface area contributed by atoms with Crippen LogP contribution in [0.1, 0.15) is 136 Å². The Kier molecular flexibility index (Phi) is 17.8. The predicted molar refractivity (Wildman–Crippen MR) is 146 cm³/mol. The Labute approximate surface area is 210 Å². The molecule has 1 heterocycles. The number of hydrogen-bond donors (Lipinski definition) is 2. The average Bonchev–Trinajstić information content (AvgIpc) is 3.20. The van der Waals surface area contributed by atoms with Crippen LogP contribution in [0.25, 0.3) is 0 Å². The number of quaternary nitrogens is 1. The molecule has 0 saturated carbocycles. The van der Waals surface area contributed by atoms with Crippen molar-refractivity contribution in [1.82, 2.24) is 0 Å². The summed E-state index contributed by atoms with van der Waals surface area (Å²) >= 11 is 0. The van der Waals surface area contributed by atoms with Crippen LogP contribution in [-0.2, 0) is 4.79 Å². The van der Waals surface area contributed by atoms with E-state index < -0.39 is 5.97 Å². The van der Waals surface area contributed by atoms with Gasteiger partial charge in [-0.15, -0.1) is 0 Å². The molecule has 0 aliphatic carbocycles. The minimum atomic E-state index is -0.836. The highest BCUT2D eigenvalue weighted by atomic mass is 16.4. The molecule has 34 heavy (non-hydrogen) atoms. The fraction of sp³-hybridized carbons (Fsp3) is 0.793. The molecule has 0 amide bonds. The van der Waals surface area contributed by atoms with Gasteiger partial charge >= 0.3 is 5.97 Å². The summed E-state index contributed by atoms with van der Waals surface area (Å²) in [4.78, 5) is 15.8. The van der Waals surface area contributed by atoms with Crippen molar-refractivity contribution >= 4 is 11.8 Å². The van der Waals surface area contributed by atoms with Crippen LogP contribution in [0.5, 0.6) is 0 Å². The monoisotopic (exact) mass is 476 g/mol. The number of nitrogens with zero attached hydrogens (tertiary/aromatic N) is 2. The first-order chi connectivity index (χ1) is 16.5. The lowest BCUT2D eigenvalue weighted by Crippen LogP contribution is -2.59. The van der Waals surface area contributed by atoms with Gasteiger partial charge in [0, 0.05) is 13.3 Å². The molecule has 5 heteroatoms. The lowest BCUT2D eigenvalue weighted by atomic mass is 10.0. The van der Waals surface area contributed by atoms with Gasteiger partial charge in [-0.3, -0.25) is 5.73 Å². The molecule has 196 valence electrons. The van der Waals surface area contributed by atoms with Gasteiger partial charge in [-0.2, -0.15) is 0 Å². The van der Waals surface area contributed by atoms with Gasteiger partial charge in [0.15, 0.2) is 6.54 Å². The summed E-state index contributed by atoms with van der Waals surface area (Å²) in [6.07, 6.45) is 32.7. The van der Waals surface area contributed by atoms with Crippen LogP contribution in [0, 0.1) is 0 Å². The van der Waals surface area contributed by atoms with Gasteiger partial charge < -0.3 is 5.11 Å². The van der Waals surface area contributed by atoms with Crippen molar-refractivity contribution in [3.63, 3.8) is 0 Å². The number of carboxylic acids is 1. The van der Waals surface area contributed by atoms with E-state index in [1.165, 1.54) is 109 Å². The van der Waals surface area contributed by atoms with E-state index in [1.54, 1.807) is 6.20 Å². The number of carbonyl (C=O) groups is 1. The Morgan fingerprint density at radius 3 is 1.82 bits per heavy atom. The molecule has 3 N–H and O–H groups in total. The highest BCUT2D eigenvalue weighted by molar-refractivity contribution is 5.81. The smallest absolute Gasteiger partial charge is 0.360 e. The van der Waals surface area contributed by atoms with Crippen LogP contribution >= 0.6 is 0 Å². The third-order valence-corrected chi connectivity index (χ3v) is 7.07. The molecule has 2 atom stereocenters.